The van der Waals surface area contributed by atoms with Crippen molar-refractivity contribution in [1.82, 2.24) is 4.57 Å². The summed E-state index contributed by atoms with van der Waals surface area (Å²) in [5.41, 5.74) is 2.91. The van der Waals surface area contributed by atoms with Gasteiger partial charge in [-0.25, -0.2) is 4.79 Å². The summed E-state index contributed by atoms with van der Waals surface area (Å²) in [7, 11) is 1.81. The van der Waals surface area contributed by atoms with Gasteiger partial charge < -0.3 is 15.0 Å². The number of hydrogen-bond acceptors (Lipinski definition) is 2. The van der Waals surface area contributed by atoms with E-state index >= 15 is 0 Å². The number of nitrogens with one attached hydrogen (secondary N) is 1. The third kappa shape index (κ3) is 3.60. The molecule has 0 atom stereocenters. The van der Waals surface area contributed by atoms with Crippen LogP contribution in [-0.4, -0.2) is 21.6 Å². The molecule has 1 amide bonds. The lowest BCUT2D eigenvalue weighted by atomic mass is 10.1. The smallest absolute Gasteiger partial charge is 0.328 e. The third-order valence-electron chi connectivity index (χ3n) is 3.09. The number of carbonyl (C=O) groups excluding carboxylic acids is 1. The Morgan fingerprint density at radius 3 is 2.62 bits per heavy atom. The van der Waals surface area contributed by atoms with Gasteiger partial charge in [0.15, 0.2) is 0 Å². The second-order valence-electron chi connectivity index (χ2n) is 4.70. The highest BCUT2D eigenvalue weighted by molar-refractivity contribution is 6.03. The number of carboxylic acids is 1. The van der Waals surface area contributed by atoms with Gasteiger partial charge in [0.25, 0.3) is 5.91 Å². The first-order valence-corrected chi connectivity index (χ1v) is 6.41. The van der Waals surface area contributed by atoms with E-state index in [4.69, 9.17) is 5.11 Å². The molecule has 1 heterocycles. The van der Waals surface area contributed by atoms with E-state index in [1.165, 1.54) is 6.08 Å². The third-order valence-corrected chi connectivity index (χ3v) is 3.09. The molecule has 2 N–H and O–H groups in total. The fourth-order valence-corrected chi connectivity index (χ4v) is 1.98. The van der Waals surface area contributed by atoms with Gasteiger partial charge >= 0.3 is 5.97 Å². The van der Waals surface area contributed by atoms with Gasteiger partial charge in [-0.2, -0.15) is 0 Å². The van der Waals surface area contributed by atoms with Crippen LogP contribution in [0.2, 0.25) is 0 Å². The van der Waals surface area contributed by atoms with Crippen LogP contribution < -0.4 is 5.32 Å². The minimum atomic E-state index is -0.992. The van der Waals surface area contributed by atoms with Gasteiger partial charge in [0.2, 0.25) is 0 Å². The van der Waals surface area contributed by atoms with Crippen molar-refractivity contribution in [1.29, 1.82) is 0 Å². The van der Waals surface area contributed by atoms with E-state index in [0.717, 1.165) is 17.2 Å². The van der Waals surface area contributed by atoms with Crippen molar-refractivity contribution < 1.29 is 14.7 Å². The molecule has 0 aliphatic carbocycles. The van der Waals surface area contributed by atoms with E-state index in [0.29, 0.717) is 11.4 Å². The number of rotatable bonds is 4. The first-order valence-electron chi connectivity index (χ1n) is 6.41. The first-order chi connectivity index (χ1) is 9.97. The van der Waals surface area contributed by atoms with E-state index in [9.17, 15) is 9.59 Å². The van der Waals surface area contributed by atoms with Gasteiger partial charge in [-0.3, -0.25) is 4.79 Å². The summed E-state index contributed by atoms with van der Waals surface area (Å²) in [6.45, 7) is 1.86. The van der Waals surface area contributed by atoms with Gasteiger partial charge in [0.05, 0.1) is 0 Å². The summed E-state index contributed by atoms with van der Waals surface area (Å²) >= 11 is 0. The molecule has 21 heavy (non-hydrogen) atoms. The summed E-state index contributed by atoms with van der Waals surface area (Å²) in [5.74, 6) is -1.17. The Labute approximate surface area is 122 Å². The fourth-order valence-electron chi connectivity index (χ4n) is 1.98. The topological polar surface area (TPSA) is 71.3 Å². The van der Waals surface area contributed by atoms with Crippen molar-refractivity contribution in [3.05, 3.63) is 59.4 Å². The van der Waals surface area contributed by atoms with Crippen molar-refractivity contribution in [2.24, 2.45) is 7.05 Å². The molecule has 2 aromatic rings. The zero-order valence-electron chi connectivity index (χ0n) is 11.8. The van der Waals surface area contributed by atoms with Crippen LogP contribution in [0.4, 0.5) is 5.69 Å². The molecule has 0 spiro atoms. The van der Waals surface area contributed by atoms with Gasteiger partial charge in [0, 0.05) is 25.0 Å². The number of aliphatic carboxylic acids is 1. The van der Waals surface area contributed by atoms with Crippen molar-refractivity contribution in [3.8, 4) is 0 Å². The summed E-state index contributed by atoms with van der Waals surface area (Å²) in [4.78, 5) is 22.6. The van der Waals surface area contributed by atoms with E-state index < -0.39 is 5.97 Å². The molecule has 0 saturated heterocycles. The number of anilines is 1. The zero-order valence-corrected chi connectivity index (χ0v) is 11.8. The molecule has 0 radical (unpaired) electrons. The van der Waals surface area contributed by atoms with Gasteiger partial charge in [0.1, 0.15) is 5.69 Å². The molecule has 0 bridgehead atoms. The predicted molar refractivity (Wildman–Crippen MR) is 81.2 cm³/mol. The fraction of sp³-hybridized carbons (Fsp3) is 0.125. The van der Waals surface area contributed by atoms with Crippen LogP contribution in [0, 0.1) is 6.92 Å². The Balaban J connectivity index is 2.16. The standard InChI is InChI=1S/C16H16N2O3/c1-11-10-12(6-8-15(19)20)5-7-13(11)17-16(21)14-4-3-9-18(14)2/h3-10H,1-2H3,(H,17,21)(H,19,20). The van der Waals surface area contributed by atoms with E-state index in [1.54, 1.807) is 22.8 Å². The predicted octanol–water partition coefficient (Wildman–Crippen LogP) is 2.68. The summed E-state index contributed by atoms with van der Waals surface area (Å²) in [6, 6.07) is 8.89. The lowest BCUT2D eigenvalue weighted by Crippen LogP contribution is -2.15. The van der Waals surface area contributed by atoms with Gasteiger partial charge in [-0.05, 0) is 48.4 Å². The number of hydrogen-bond donors (Lipinski definition) is 2. The molecule has 0 aliphatic rings. The zero-order chi connectivity index (χ0) is 15.4. The molecule has 0 saturated carbocycles. The number of nitrogens with zero attached hydrogens (tertiary/aromatic N) is 1. The lowest BCUT2D eigenvalue weighted by Gasteiger charge is -2.09. The highest BCUT2D eigenvalue weighted by Crippen LogP contribution is 2.18. The summed E-state index contributed by atoms with van der Waals surface area (Å²) in [5, 5.41) is 11.4. The lowest BCUT2D eigenvalue weighted by molar-refractivity contribution is -0.131. The Bertz CT molecular complexity index is 714. The molecule has 108 valence electrons. The van der Waals surface area contributed by atoms with E-state index in [-0.39, 0.29) is 5.91 Å². The number of carbonyl (C=O) groups is 2. The number of aryl methyl sites for hydroxylation is 2. The molecule has 1 aromatic heterocycles. The number of benzene rings is 1. The number of carboxylic acid groups (broad SMARTS) is 1. The molecule has 2 rings (SSSR count). The Morgan fingerprint density at radius 2 is 2.05 bits per heavy atom. The Kier molecular flexibility index (Phi) is 4.23. The minimum Gasteiger partial charge on any atom is -0.478 e. The van der Waals surface area contributed by atoms with Crippen molar-refractivity contribution >= 4 is 23.6 Å². The molecule has 5 heteroatoms. The molecule has 5 nitrogen and oxygen atoms in total. The highest BCUT2D eigenvalue weighted by Gasteiger charge is 2.10. The molecule has 0 aliphatic heterocycles. The Morgan fingerprint density at radius 1 is 1.29 bits per heavy atom. The monoisotopic (exact) mass is 284 g/mol. The number of amides is 1. The average Bonchev–Trinajstić information content (AvgIpc) is 2.85. The molecule has 0 unspecified atom stereocenters. The molecular formula is C16H16N2O3. The quantitative estimate of drug-likeness (QED) is 0.848. The molecule has 0 fully saturated rings. The van der Waals surface area contributed by atoms with Gasteiger partial charge in [-0.15, -0.1) is 0 Å². The van der Waals surface area contributed by atoms with Crippen LogP contribution >= 0.6 is 0 Å². The maximum absolute atomic E-state index is 12.1. The van der Waals surface area contributed by atoms with Crippen molar-refractivity contribution in [2.75, 3.05) is 5.32 Å². The van der Waals surface area contributed by atoms with Crippen LogP contribution in [0.25, 0.3) is 6.08 Å². The highest BCUT2D eigenvalue weighted by atomic mass is 16.4. The normalized spacial score (nSPS) is 10.8. The molecular weight excluding hydrogens is 268 g/mol. The van der Waals surface area contributed by atoms with Crippen LogP contribution in [0.15, 0.2) is 42.6 Å². The van der Waals surface area contributed by atoms with Crippen LogP contribution in [0.5, 0.6) is 0 Å². The van der Waals surface area contributed by atoms with Crippen LogP contribution in [0.3, 0.4) is 0 Å². The average molecular weight is 284 g/mol. The second-order valence-corrected chi connectivity index (χ2v) is 4.70. The maximum Gasteiger partial charge on any atom is 0.328 e. The Hall–Kier alpha value is -2.82. The number of aromatic nitrogens is 1. The minimum absolute atomic E-state index is 0.181. The van der Waals surface area contributed by atoms with Crippen molar-refractivity contribution in [3.63, 3.8) is 0 Å². The first kappa shape index (κ1) is 14.6. The second kappa shape index (κ2) is 6.09. The summed E-state index contributed by atoms with van der Waals surface area (Å²) < 4.78 is 1.74. The maximum atomic E-state index is 12.1. The summed E-state index contributed by atoms with van der Waals surface area (Å²) in [6.07, 6.45) is 4.40. The molecule has 1 aromatic carbocycles. The van der Waals surface area contributed by atoms with E-state index in [2.05, 4.69) is 5.32 Å². The SMILES string of the molecule is Cc1cc(C=CC(=O)O)ccc1NC(=O)c1cccn1C. The van der Waals surface area contributed by atoms with E-state index in [1.807, 2.05) is 32.3 Å². The van der Waals surface area contributed by atoms with Crippen LogP contribution in [0.1, 0.15) is 21.6 Å². The largest absolute Gasteiger partial charge is 0.478 e. The van der Waals surface area contributed by atoms with Gasteiger partial charge in [-0.1, -0.05) is 6.07 Å². The van der Waals surface area contributed by atoms with Crippen molar-refractivity contribution in [2.45, 2.75) is 6.92 Å². The van der Waals surface area contributed by atoms with Crippen LogP contribution in [-0.2, 0) is 11.8 Å².